The van der Waals surface area contributed by atoms with E-state index in [0.717, 1.165) is 14.2 Å². The Bertz CT molecular complexity index is 925. The van der Waals surface area contributed by atoms with Crippen LogP contribution in [0.4, 0.5) is 22.0 Å². The molecule has 2 aromatic carbocycles. The first kappa shape index (κ1) is 21.6. The lowest BCUT2D eigenvalue weighted by atomic mass is 10.1. The molecule has 0 spiro atoms. The minimum atomic E-state index is -1.34. The predicted molar refractivity (Wildman–Crippen MR) is 80.1 cm³/mol. The van der Waals surface area contributed by atoms with E-state index in [-0.39, 0.29) is 0 Å². The Labute approximate surface area is 149 Å². The highest BCUT2D eigenvalue weighted by molar-refractivity contribution is 5.90. The number of nitriles is 1. The molecule has 2 rings (SSSR count). The number of carbonyl (C=O) groups excluding carboxylic acids is 2. The first-order chi connectivity index (χ1) is 12.7. The smallest absolute Gasteiger partial charge is 0.340 e. The second kappa shape index (κ2) is 9.28. The molecule has 0 saturated heterocycles. The average molecular weight is 387 g/mol. The van der Waals surface area contributed by atoms with Crippen LogP contribution in [0.25, 0.3) is 0 Å². The molecule has 0 aromatic heterocycles. The largest absolute Gasteiger partial charge is 0.465 e. The molecular weight excluding hydrogens is 377 g/mol. The second-order valence-corrected chi connectivity index (χ2v) is 4.65. The van der Waals surface area contributed by atoms with E-state index in [0.29, 0.717) is 24.3 Å². The molecule has 0 aliphatic rings. The lowest BCUT2D eigenvalue weighted by Crippen LogP contribution is -2.06. The van der Waals surface area contributed by atoms with Crippen molar-refractivity contribution in [3.05, 3.63) is 70.0 Å². The van der Waals surface area contributed by atoms with Crippen molar-refractivity contribution in [2.75, 3.05) is 14.2 Å². The van der Waals surface area contributed by atoms with E-state index in [9.17, 15) is 31.5 Å². The van der Waals surface area contributed by atoms with Crippen LogP contribution in [-0.2, 0) is 9.47 Å². The van der Waals surface area contributed by atoms with E-state index in [1.54, 1.807) is 0 Å². The summed E-state index contributed by atoms with van der Waals surface area (Å²) in [5.41, 5.74) is -1.60. The first-order valence-corrected chi connectivity index (χ1v) is 6.86. The molecule has 0 heterocycles. The fourth-order valence-corrected chi connectivity index (χ4v) is 1.69. The fraction of sp³-hybridized carbons (Fsp3) is 0.118. The topological polar surface area (TPSA) is 76.4 Å². The molecule has 142 valence electrons. The second-order valence-electron chi connectivity index (χ2n) is 4.65. The number of rotatable bonds is 2. The van der Waals surface area contributed by atoms with Gasteiger partial charge in [0.05, 0.1) is 30.9 Å². The standard InChI is InChI=1S/C9H5F2NO2.C8H5F3O2/c1-14-9(13)6-3-7(10)5(4-12)2-8(6)11;1-13-8(12)4-2-6(10)7(11)3-5(4)9/h2-3H,1H3;2-3H,1H3. The Kier molecular flexibility index (Phi) is 7.41. The highest BCUT2D eigenvalue weighted by Crippen LogP contribution is 2.15. The number of nitrogens with zero attached hydrogens (tertiary/aromatic N) is 1. The summed E-state index contributed by atoms with van der Waals surface area (Å²) < 4.78 is 72.0. The molecule has 0 radical (unpaired) electrons. The molecule has 0 aliphatic heterocycles. The highest BCUT2D eigenvalue weighted by atomic mass is 19.2. The van der Waals surface area contributed by atoms with Gasteiger partial charge in [0.25, 0.3) is 0 Å². The van der Waals surface area contributed by atoms with Gasteiger partial charge in [0.15, 0.2) is 11.6 Å². The van der Waals surface area contributed by atoms with Crippen LogP contribution in [0.5, 0.6) is 0 Å². The lowest BCUT2D eigenvalue weighted by molar-refractivity contribution is 0.0585. The van der Waals surface area contributed by atoms with Crippen molar-refractivity contribution in [3.8, 4) is 6.07 Å². The Balaban J connectivity index is 0.000000271. The van der Waals surface area contributed by atoms with Crippen LogP contribution in [-0.4, -0.2) is 26.2 Å². The summed E-state index contributed by atoms with van der Waals surface area (Å²) in [6.45, 7) is 0. The van der Waals surface area contributed by atoms with Crippen molar-refractivity contribution in [2.45, 2.75) is 0 Å². The summed E-state index contributed by atoms with van der Waals surface area (Å²) in [7, 11) is 2.07. The van der Waals surface area contributed by atoms with Gasteiger partial charge in [-0.15, -0.1) is 0 Å². The van der Waals surface area contributed by atoms with E-state index >= 15 is 0 Å². The minimum Gasteiger partial charge on any atom is -0.465 e. The van der Waals surface area contributed by atoms with Crippen LogP contribution in [0.15, 0.2) is 24.3 Å². The Hall–Kier alpha value is -3.48. The molecule has 0 aliphatic carbocycles. The molecule has 5 nitrogen and oxygen atoms in total. The molecule has 27 heavy (non-hydrogen) atoms. The van der Waals surface area contributed by atoms with Gasteiger partial charge >= 0.3 is 11.9 Å². The van der Waals surface area contributed by atoms with Gasteiger partial charge in [-0.3, -0.25) is 0 Å². The number of methoxy groups -OCH3 is 2. The molecule has 0 unspecified atom stereocenters. The number of hydrogen-bond donors (Lipinski definition) is 0. The maximum Gasteiger partial charge on any atom is 0.340 e. The van der Waals surface area contributed by atoms with Crippen molar-refractivity contribution < 1.29 is 41.0 Å². The van der Waals surface area contributed by atoms with E-state index in [2.05, 4.69) is 9.47 Å². The van der Waals surface area contributed by atoms with Crippen molar-refractivity contribution in [1.29, 1.82) is 5.26 Å². The molecule has 0 bridgehead atoms. The quantitative estimate of drug-likeness (QED) is 0.448. The number of ether oxygens (including phenoxy) is 2. The van der Waals surface area contributed by atoms with E-state index in [1.807, 2.05) is 0 Å². The summed E-state index contributed by atoms with van der Waals surface area (Å²) in [6.07, 6.45) is 0. The SMILES string of the molecule is COC(=O)c1cc(F)c(C#N)cc1F.COC(=O)c1cc(F)c(F)cc1F. The summed E-state index contributed by atoms with van der Waals surface area (Å²) >= 11 is 0. The van der Waals surface area contributed by atoms with Crippen molar-refractivity contribution in [3.63, 3.8) is 0 Å². The van der Waals surface area contributed by atoms with Gasteiger partial charge < -0.3 is 9.47 Å². The zero-order valence-corrected chi connectivity index (χ0v) is 13.8. The fourth-order valence-electron chi connectivity index (χ4n) is 1.69. The third-order valence-corrected chi connectivity index (χ3v) is 3.00. The molecular formula is C17H10F5NO4. The van der Waals surface area contributed by atoms with Crippen LogP contribution in [0, 0.1) is 40.4 Å². The minimum absolute atomic E-state index is 0.293. The number of carbonyl (C=O) groups is 2. The third-order valence-electron chi connectivity index (χ3n) is 3.00. The van der Waals surface area contributed by atoms with Gasteiger partial charge in [-0.05, 0) is 18.2 Å². The van der Waals surface area contributed by atoms with Crippen LogP contribution in [0.1, 0.15) is 26.3 Å². The summed E-state index contributed by atoms with van der Waals surface area (Å²) in [5.74, 6) is -7.73. The Morgan fingerprint density at radius 2 is 1.15 bits per heavy atom. The monoisotopic (exact) mass is 387 g/mol. The lowest BCUT2D eigenvalue weighted by Gasteiger charge is -2.01. The van der Waals surface area contributed by atoms with Gasteiger partial charge in [-0.1, -0.05) is 0 Å². The Morgan fingerprint density at radius 1 is 0.741 bits per heavy atom. The summed E-state index contributed by atoms with van der Waals surface area (Å²) in [6, 6.07) is 3.49. The van der Waals surface area contributed by atoms with Gasteiger partial charge in [-0.25, -0.2) is 31.5 Å². The Morgan fingerprint density at radius 3 is 1.59 bits per heavy atom. The van der Waals surface area contributed by atoms with Crippen LogP contribution in [0.2, 0.25) is 0 Å². The zero-order valence-electron chi connectivity index (χ0n) is 13.8. The van der Waals surface area contributed by atoms with Gasteiger partial charge in [0.2, 0.25) is 0 Å². The van der Waals surface area contributed by atoms with Gasteiger partial charge in [0, 0.05) is 6.07 Å². The normalized spacial score (nSPS) is 9.56. The maximum atomic E-state index is 13.0. The van der Waals surface area contributed by atoms with Gasteiger partial charge in [0.1, 0.15) is 23.5 Å². The van der Waals surface area contributed by atoms with Crippen molar-refractivity contribution >= 4 is 11.9 Å². The maximum absolute atomic E-state index is 13.0. The molecule has 0 atom stereocenters. The van der Waals surface area contributed by atoms with Gasteiger partial charge in [-0.2, -0.15) is 5.26 Å². The molecule has 0 amide bonds. The number of esters is 2. The molecule has 2 aromatic rings. The van der Waals surface area contributed by atoms with Crippen LogP contribution in [0.3, 0.4) is 0 Å². The zero-order chi connectivity index (χ0) is 20.7. The number of benzene rings is 2. The van der Waals surface area contributed by atoms with Crippen LogP contribution >= 0.6 is 0 Å². The first-order valence-electron chi connectivity index (χ1n) is 6.86. The highest BCUT2D eigenvalue weighted by Gasteiger charge is 2.17. The van der Waals surface area contributed by atoms with E-state index < -0.39 is 57.7 Å². The van der Waals surface area contributed by atoms with E-state index in [1.165, 1.54) is 6.07 Å². The van der Waals surface area contributed by atoms with Crippen molar-refractivity contribution in [1.82, 2.24) is 0 Å². The molecule has 0 N–H and O–H groups in total. The summed E-state index contributed by atoms with van der Waals surface area (Å²) in [4.78, 5) is 21.6. The molecule has 10 heteroatoms. The number of hydrogen-bond acceptors (Lipinski definition) is 5. The molecule has 0 saturated carbocycles. The average Bonchev–Trinajstić information content (AvgIpc) is 2.65. The summed E-state index contributed by atoms with van der Waals surface area (Å²) in [5, 5.41) is 8.36. The number of halogens is 5. The third kappa shape index (κ3) is 5.24. The predicted octanol–water partition coefficient (Wildman–Crippen LogP) is 3.51. The van der Waals surface area contributed by atoms with E-state index in [4.69, 9.17) is 5.26 Å². The van der Waals surface area contributed by atoms with Crippen molar-refractivity contribution in [2.24, 2.45) is 0 Å². The molecule has 0 fully saturated rings. The van der Waals surface area contributed by atoms with Crippen LogP contribution < -0.4 is 0 Å².